The Kier molecular flexibility index (Phi) is 3.86. The number of carboxylic acid groups (broad SMARTS) is 1. The maximum Gasteiger partial charge on any atom is 0.371 e. The summed E-state index contributed by atoms with van der Waals surface area (Å²) in [6.45, 7) is 1.65. The molecule has 2 aromatic rings. The van der Waals surface area contributed by atoms with E-state index < -0.39 is 26.8 Å². The van der Waals surface area contributed by atoms with E-state index in [1.54, 1.807) is 6.92 Å². The molecule has 2 aromatic heterocycles. The topological polar surface area (TPSA) is 136 Å². The van der Waals surface area contributed by atoms with Gasteiger partial charge < -0.3 is 14.0 Å². The number of hydrogen-bond acceptors (Lipinski definition) is 7. The van der Waals surface area contributed by atoms with Gasteiger partial charge in [-0.25, -0.2) is 17.9 Å². The smallest absolute Gasteiger partial charge is 0.371 e. The number of hydrogen-bond donors (Lipinski definition) is 2. The standard InChI is InChI=1S/C10H11N3O6S/c1-6-12-8(13-19-6)4-5-11-20(16,17)9-3-2-7(18-9)10(14)15/h2-3,11H,4-5H2,1H3,(H,14,15). The predicted molar refractivity (Wildman–Crippen MR) is 63.6 cm³/mol. The first kappa shape index (κ1) is 14.2. The normalized spacial score (nSPS) is 11.7. The molecule has 0 saturated heterocycles. The molecule has 0 saturated carbocycles. The van der Waals surface area contributed by atoms with E-state index in [1.807, 2.05) is 0 Å². The SMILES string of the molecule is Cc1nc(CCNS(=O)(=O)c2ccc(C(=O)O)o2)no1. The van der Waals surface area contributed by atoms with Crippen molar-refractivity contribution in [3.8, 4) is 0 Å². The third-order valence-electron chi connectivity index (χ3n) is 2.27. The van der Waals surface area contributed by atoms with Crippen LogP contribution in [0, 0.1) is 6.92 Å². The van der Waals surface area contributed by atoms with Gasteiger partial charge in [-0.05, 0) is 12.1 Å². The summed E-state index contributed by atoms with van der Waals surface area (Å²) in [6, 6.07) is 2.14. The van der Waals surface area contributed by atoms with Gasteiger partial charge in [0.15, 0.2) is 5.82 Å². The van der Waals surface area contributed by atoms with E-state index in [4.69, 9.17) is 14.0 Å². The number of aromatic carboxylic acids is 1. The Hall–Kier alpha value is -2.20. The Labute approximate surface area is 113 Å². The average molecular weight is 301 g/mol. The maximum atomic E-state index is 11.8. The Morgan fingerprint density at radius 3 is 2.75 bits per heavy atom. The fourth-order valence-electron chi connectivity index (χ4n) is 1.39. The van der Waals surface area contributed by atoms with Crippen molar-refractivity contribution < 1.29 is 27.3 Å². The molecule has 0 fully saturated rings. The van der Waals surface area contributed by atoms with Crippen LogP contribution in [0.3, 0.4) is 0 Å². The first-order valence-electron chi connectivity index (χ1n) is 5.50. The molecule has 0 aromatic carbocycles. The summed E-state index contributed by atoms with van der Waals surface area (Å²) in [5, 5.41) is 11.8. The number of sulfonamides is 1. The number of carbonyl (C=O) groups is 1. The molecule has 0 aliphatic rings. The zero-order chi connectivity index (χ0) is 14.8. The Morgan fingerprint density at radius 2 is 2.20 bits per heavy atom. The van der Waals surface area contributed by atoms with E-state index in [0.29, 0.717) is 11.7 Å². The van der Waals surface area contributed by atoms with Gasteiger partial charge in [0.2, 0.25) is 16.7 Å². The molecule has 2 N–H and O–H groups in total. The molecule has 0 amide bonds. The highest BCUT2D eigenvalue weighted by molar-refractivity contribution is 7.89. The van der Waals surface area contributed by atoms with Crippen LogP contribution in [0.1, 0.15) is 22.3 Å². The summed E-state index contributed by atoms with van der Waals surface area (Å²) in [5.74, 6) is -1.02. The molecule has 2 heterocycles. The summed E-state index contributed by atoms with van der Waals surface area (Å²) in [7, 11) is -3.90. The van der Waals surface area contributed by atoms with Gasteiger partial charge in [0.05, 0.1) is 0 Å². The van der Waals surface area contributed by atoms with Gasteiger partial charge in [-0.3, -0.25) is 0 Å². The molecule has 0 aliphatic heterocycles. The molecule has 0 atom stereocenters. The van der Waals surface area contributed by atoms with E-state index in [9.17, 15) is 13.2 Å². The van der Waals surface area contributed by atoms with Crippen LogP contribution < -0.4 is 4.72 Å². The number of nitrogens with zero attached hydrogens (tertiary/aromatic N) is 2. The van der Waals surface area contributed by atoms with Crippen molar-refractivity contribution in [3.05, 3.63) is 29.6 Å². The second-order valence-electron chi connectivity index (χ2n) is 3.80. The zero-order valence-electron chi connectivity index (χ0n) is 10.4. The Bertz CT molecular complexity index is 717. The summed E-state index contributed by atoms with van der Waals surface area (Å²) in [6.07, 6.45) is 0.239. The fourth-order valence-corrected chi connectivity index (χ4v) is 2.35. The first-order chi connectivity index (χ1) is 9.38. The molecular formula is C10H11N3O6S. The molecule has 2 rings (SSSR count). The van der Waals surface area contributed by atoms with Gasteiger partial charge in [-0.2, -0.15) is 4.98 Å². The summed E-state index contributed by atoms with van der Waals surface area (Å²) >= 11 is 0. The van der Waals surface area contributed by atoms with Crippen LogP contribution in [0.5, 0.6) is 0 Å². The van der Waals surface area contributed by atoms with Crippen molar-refractivity contribution in [1.29, 1.82) is 0 Å². The molecule has 0 radical (unpaired) electrons. The van der Waals surface area contributed by atoms with Crippen LogP contribution in [0.15, 0.2) is 26.2 Å². The fraction of sp³-hybridized carbons (Fsp3) is 0.300. The largest absolute Gasteiger partial charge is 0.475 e. The van der Waals surface area contributed by atoms with Crippen LogP contribution >= 0.6 is 0 Å². The lowest BCUT2D eigenvalue weighted by Crippen LogP contribution is -2.25. The predicted octanol–water partition coefficient (Wildman–Crippen LogP) is 0.190. The van der Waals surface area contributed by atoms with Gasteiger partial charge in [-0.1, -0.05) is 5.16 Å². The number of aromatic nitrogens is 2. The average Bonchev–Trinajstić information content (AvgIpc) is 2.98. The van der Waals surface area contributed by atoms with Crippen LogP contribution in [0.4, 0.5) is 0 Å². The number of nitrogens with one attached hydrogen (secondary N) is 1. The highest BCUT2D eigenvalue weighted by Crippen LogP contribution is 2.13. The van der Waals surface area contributed by atoms with Crippen molar-refractivity contribution in [2.75, 3.05) is 6.54 Å². The zero-order valence-corrected chi connectivity index (χ0v) is 11.2. The molecule has 0 aliphatic carbocycles. The van der Waals surface area contributed by atoms with Crippen LogP contribution in [0.25, 0.3) is 0 Å². The summed E-state index contributed by atoms with van der Waals surface area (Å²) < 4.78 is 35.3. The molecule has 9 nitrogen and oxygen atoms in total. The highest BCUT2D eigenvalue weighted by Gasteiger charge is 2.20. The lowest BCUT2D eigenvalue weighted by Gasteiger charge is -2.01. The van der Waals surface area contributed by atoms with Crippen molar-refractivity contribution in [1.82, 2.24) is 14.9 Å². The number of carboxylic acids is 1. The van der Waals surface area contributed by atoms with E-state index in [-0.39, 0.29) is 13.0 Å². The van der Waals surface area contributed by atoms with Crippen LogP contribution in [0.2, 0.25) is 0 Å². The van der Waals surface area contributed by atoms with E-state index >= 15 is 0 Å². The molecular weight excluding hydrogens is 290 g/mol. The quantitative estimate of drug-likeness (QED) is 0.771. The second kappa shape index (κ2) is 5.43. The Balaban J connectivity index is 1.98. The lowest BCUT2D eigenvalue weighted by molar-refractivity contribution is 0.0656. The van der Waals surface area contributed by atoms with Gasteiger partial charge in [0, 0.05) is 19.9 Å². The minimum atomic E-state index is -3.90. The van der Waals surface area contributed by atoms with Crippen molar-refractivity contribution >= 4 is 16.0 Å². The minimum absolute atomic E-state index is 0.0322. The van der Waals surface area contributed by atoms with Crippen molar-refractivity contribution in [2.45, 2.75) is 18.4 Å². The van der Waals surface area contributed by atoms with E-state index in [1.165, 1.54) is 0 Å². The van der Waals surface area contributed by atoms with Gasteiger partial charge in [0.25, 0.3) is 10.0 Å². The Morgan fingerprint density at radius 1 is 1.45 bits per heavy atom. The lowest BCUT2D eigenvalue weighted by atomic mass is 10.4. The number of aryl methyl sites for hydroxylation is 1. The third-order valence-corrected chi connectivity index (χ3v) is 3.60. The van der Waals surface area contributed by atoms with Crippen molar-refractivity contribution in [2.24, 2.45) is 0 Å². The van der Waals surface area contributed by atoms with E-state index in [0.717, 1.165) is 12.1 Å². The van der Waals surface area contributed by atoms with Gasteiger partial charge >= 0.3 is 5.97 Å². The number of rotatable bonds is 6. The highest BCUT2D eigenvalue weighted by atomic mass is 32.2. The third kappa shape index (κ3) is 3.22. The summed E-state index contributed by atoms with van der Waals surface area (Å²) in [5.41, 5.74) is 0. The summed E-state index contributed by atoms with van der Waals surface area (Å²) in [4.78, 5) is 14.5. The molecule has 0 unspecified atom stereocenters. The van der Waals surface area contributed by atoms with E-state index in [2.05, 4.69) is 14.9 Å². The minimum Gasteiger partial charge on any atom is -0.475 e. The molecule has 10 heteroatoms. The van der Waals surface area contributed by atoms with Crippen LogP contribution in [-0.2, 0) is 16.4 Å². The van der Waals surface area contributed by atoms with Gasteiger partial charge in [-0.15, -0.1) is 0 Å². The molecule has 0 spiro atoms. The van der Waals surface area contributed by atoms with Crippen LogP contribution in [-0.4, -0.2) is 36.2 Å². The second-order valence-corrected chi connectivity index (χ2v) is 5.50. The molecule has 0 bridgehead atoms. The first-order valence-corrected chi connectivity index (χ1v) is 6.99. The monoisotopic (exact) mass is 301 g/mol. The molecule has 108 valence electrons. The maximum absolute atomic E-state index is 11.8. The van der Waals surface area contributed by atoms with Crippen molar-refractivity contribution in [3.63, 3.8) is 0 Å². The molecule has 20 heavy (non-hydrogen) atoms. The number of furan rings is 1. The van der Waals surface area contributed by atoms with Gasteiger partial charge in [0.1, 0.15) is 0 Å².